The Balaban J connectivity index is 1.20. The van der Waals surface area contributed by atoms with Gasteiger partial charge in [0.2, 0.25) is 15.9 Å². The Labute approximate surface area is 186 Å². The van der Waals surface area contributed by atoms with E-state index in [0.29, 0.717) is 62.3 Å². The molecule has 1 aromatic heterocycles. The number of aryl methyl sites for hydroxylation is 1. The number of para-hydroxylation sites is 2. The number of nitrogens with zero attached hydrogens (tertiary/aromatic N) is 2. The second-order valence-corrected chi connectivity index (χ2v) is 9.99. The SMILES string of the molecule is O=C(CCCn1c(=O)oc2ccccc21)NCC1CCN(S(=O)(=O)c2ccccc2)CC1. The maximum absolute atomic E-state index is 12.7. The van der Waals surface area contributed by atoms with E-state index in [1.54, 1.807) is 41.0 Å². The number of carbonyl (C=O) groups excluding carboxylic acids is 1. The zero-order chi connectivity index (χ0) is 22.6. The van der Waals surface area contributed by atoms with E-state index >= 15 is 0 Å². The smallest absolute Gasteiger partial charge is 0.408 e. The summed E-state index contributed by atoms with van der Waals surface area (Å²) in [7, 11) is -3.46. The van der Waals surface area contributed by atoms with Gasteiger partial charge in [-0.3, -0.25) is 9.36 Å². The number of hydrogen-bond acceptors (Lipinski definition) is 5. The Bertz CT molecular complexity index is 1230. The van der Waals surface area contributed by atoms with E-state index in [-0.39, 0.29) is 11.8 Å². The van der Waals surface area contributed by atoms with Crippen LogP contribution in [0.5, 0.6) is 0 Å². The standard InChI is InChI=1S/C23H27N3O5S/c27-22(11-6-14-26-20-9-4-5-10-21(20)31-23(26)28)24-17-18-12-15-25(16-13-18)32(29,30)19-7-2-1-3-8-19/h1-5,7-10,18H,6,11-17H2,(H,24,27). The number of aromatic nitrogens is 1. The number of nitrogens with one attached hydrogen (secondary N) is 1. The molecule has 0 spiro atoms. The molecule has 9 heteroatoms. The summed E-state index contributed by atoms with van der Waals surface area (Å²) < 4.78 is 33.7. The molecular weight excluding hydrogens is 430 g/mol. The van der Waals surface area contributed by atoms with Gasteiger partial charge in [0.05, 0.1) is 10.4 Å². The second-order valence-electron chi connectivity index (χ2n) is 8.06. The number of amides is 1. The Hall–Kier alpha value is -2.91. The van der Waals surface area contributed by atoms with Crippen LogP contribution in [0.1, 0.15) is 25.7 Å². The molecule has 2 heterocycles. The molecule has 1 amide bonds. The van der Waals surface area contributed by atoms with Gasteiger partial charge in [0, 0.05) is 32.6 Å². The first-order valence-corrected chi connectivity index (χ1v) is 12.3. The van der Waals surface area contributed by atoms with Crippen molar-refractivity contribution in [1.82, 2.24) is 14.2 Å². The Morgan fingerprint density at radius 3 is 2.47 bits per heavy atom. The van der Waals surface area contributed by atoms with E-state index in [1.165, 1.54) is 4.31 Å². The first kappa shape index (κ1) is 22.3. The van der Waals surface area contributed by atoms with E-state index < -0.39 is 15.8 Å². The van der Waals surface area contributed by atoms with E-state index in [0.717, 1.165) is 5.52 Å². The predicted molar refractivity (Wildman–Crippen MR) is 121 cm³/mol. The lowest BCUT2D eigenvalue weighted by Gasteiger charge is -2.31. The van der Waals surface area contributed by atoms with Crippen LogP contribution in [0.4, 0.5) is 0 Å². The number of fused-ring (bicyclic) bond motifs is 1. The molecule has 32 heavy (non-hydrogen) atoms. The van der Waals surface area contributed by atoms with E-state index in [4.69, 9.17) is 4.42 Å². The van der Waals surface area contributed by atoms with Gasteiger partial charge < -0.3 is 9.73 Å². The fourth-order valence-corrected chi connectivity index (χ4v) is 5.56. The van der Waals surface area contributed by atoms with Crippen LogP contribution in [0.25, 0.3) is 11.1 Å². The molecular formula is C23H27N3O5S. The second kappa shape index (κ2) is 9.70. The van der Waals surface area contributed by atoms with Crippen molar-refractivity contribution < 1.29 is 17.6 Å². The van der Waals surface area contributed by atoms with Crippen LogP contribution >= 0.6 is 0 Å². The summed E-state index contributed by atoms with van der Waals surface area (Å²) in [5.74, 6) is -0.226. The van der Waals surface area contributed by atoms with Crippen molar-refractivity contribution in [2.24, 2.45) is 5.92 Å². The molecule has 1 fully saturated rings. The molecule has 0 aliphatic carbocycles. The monoisotopic (exact) mass is 457 g/mol. The lowest BCUT2D eigenvalue weighted by molar-refractivity contribution is -0.121. The van der Waals surface area contributed by atoms with Gasteiger partial charge in [-0.1, -0.05) is 30.3 Å². The van der Waals surface area contributed by atoms with Gasteiger partial charge in [-0.05, 0) is 49.4 Å². The van der Waals surface area contributed by atoms with Crippen molar-refractivity contribution >= 4 is 27.0 Å². The number of oxazole rings is 1. The molecule has 0 atom stereocenters. The molecule has 3 aromatic rings. The third-order valence-electron chi connectivity index (χ3n) is 5.90. The average molecular weight is 458 g/mol. The molecule has 170 valence electrons. The molecule has 1 aliphatic rings. The van der Waals surface area contributed by atoms with Gasteiger partial charge in [-0.2, -0.15) is 4.31 Å². The zero-order valence-electron chi connectivity index (χ0n) is 17.8. The summed E-state index contributed by atoms with van der Waals surface area (Å²) in [5, 5.41) is 2.95. The van der Waals surface area contributed by atoms with Crippen LogP contribution in [0.2, 0.25) is 0 Å². The van der Waals surface area contributed by atoms with E-state index in [1.807, 2.05) is 18.2 Å². The highest BCUT2D eigenvalue weighted by atomic mass is 32.2. The van der Waals surface area contributed by atoms with Crippen molar-refractivity contribution in [3.63, 3.8) is 0 Å². The van der Waals surface area contributed by atoms with Gasteiger partial charge >= 0.3 is 5.76 Å². The highest BCUT2D eigenvalue weighted by Crippen LogP contribution is 2.23. The molecule has 1 saturated heterocycles. The van der Waals surface area contributed by atoms with Gasteiger partial charge in [0.25, 0.3) is 0 Å². The van der Waals surface area contributed by atoms with Crippen molar-refractivity contribution in [3.8, 4) is 0 Å². The van der Waals surface area contributed by atoms with Gasteiger partial charge in [0.1, 0.15) is 0 Å². The van der Waals surface area contributed by atoms with Crippen LogP contribution in [-0.4, -0.2) is 42.8 Å². The number of benzene rings is 2. The molecule has 0 unspecified atom stereocenters. The van der Waals surface area contributed by atoms with Crippen LogP contribution in [0, 0.1) is 5.92 Å². The summed E-state index contributed by atoms with van der Waals surface area (Å²) in [4.78, 5) is 24.5. The molecule has 0 radical (unpaired) electrons. The minimum absolute atomic E-state index is 0.0646. The summed E-state index contributed by atoms with van der Waals surface area (Å²) >= 11 is 0. The molecule has 0 bridgehead atoms. The fraction of sp³-hybridized carbons (Fsp3) is 0.391. The van der Waals surface area contributed by atoms with Crippen LogP contribution < -0.4 is 11.1 Å². The first-order valence-electron chi connectivity index (χ1n) is 10.9. The maximum Gasteiger partial charge on any atom is 0.419 e. The highest BCUT2D eigenvalue weighted by molar-refractivity contribution is 7.89. The Morgan fingerprint density at radius 2 is 1.72 bits per heavy atom. The summed E-state index contributed by atoms with van der Waals surface area (Å²) in [6.45, 7) is 1.86. The number of rotatable bonds is 8. The lowest BCUT2D eigenvalue weighted by Crippen LogP contribution is -2.41. The minimum atomic E-state index is -3.46. The van der Waals surface area contributed by atoms with Gasteiger partial charge in [-0.15, -0.1) is 0 Å². The van der Waals surface area contributed by atoms with Crippen LogP contribution in [0.15, 0.2) is 68.7 Å². The van der Waals surface area contributed by atoms with Crippen molar-refractivity contribution in [3.05, 3.63) is 65.1 Å². The minimum Gasteiger partial charge on any atom is -0.408 e. The largest absolute Gasteiger partial charge is 0.419 e. The number of carbonyl (C=O) groups is 1. The van der Waals surface area contributed by atoms with Crippen LogP contribution in [-0.2, 0) is 21.4 Å². The molecule has 0 saturated carbocycles. The molecule has 4 rings (SSSR count). The third kappa shape index (κ3) is 4.94. The summed E-state index contributed by atoms with van der Waals surface area (Å²) in [6, 6.07) is 15.7. The summed E-state index contributed by atoms with van der Waals surface area (Å²) in [6.07, 6.45) is 2.27. The molecule has 1 N–H and O–H groups in total. The van der Waals surface area contributed by atoms with Crippen molar-refractivity contribution in [1.29, 1.82) is 0 Å². The van der Waals surface area contributed by atoms with Crippen LogP contribution in [0.3, 0.4) is 0 Å². The van der Waals surface area contributed by atoms with E-state index in [9.17, 15) is 18.0 Å². The van der Waals surface area contributed by atoms with Gasteiger partial charge in [0.15, 0.2) is 5.58 Å². The average Bonchev–Trinajstić information content (AvgIpc) is 3.13. The molecule has 8 nitrogen and oxygen atoms in total. The lowest BCUT2D eigenvalue weighted by atomic mass is 9.98. The number of hydrogen-bond donors (Lipinski definition) is 1. The predicted octanol–water partition coefficient (Wildman–Crippen LogP) is 2.59. The third-order valence-corrected chi connectivity index (χ3v) is 7.81. The number of piperidine rings is 1. The quantitative estimate of drug-likeness (QED) is 0.560. The molecule has 2 aromatic carbocycles. The van der Waals surface area contributed by atoms with Crippen molar-refractivity contribution in [2.75, 3.05) is 19.6 Å². The van der Waals surface area contributed by atoms with Gasteiger partial charge in [-0.25, -0.2) is 13.2 Å². The number of sulfonamides is 1. The Morgan fingerprint density at radius 1 is 1.03 bits per heavy atom. The summed E-state index contributed by atoms with van der Waals surface area (Å²) in [5.41, 5.74) is 1.28. The molecule has 1 aliphatic heterocycles. The first-order chi connectivity index (χ1) is 15.4. The van der Waals surface area contributed by atoms with Crippen molar-refractivity contribution in [2.45, 2.75) is 37.1 Å². The highest BCUT2D eigenvalue weighted by Gasteiger charge is 2.29. The zero-order valence-corrected chi connectivity index (χ0v) is 18.6. The topological polar surface area (TPSA) is 102 Å². The maximum atomic E-state index is 12.7. The normalized spacial score (nSPS) is 15.8. The van der Waals surface area contributed by atoms with E-state index in [2.05, 4.69) is 5.32 Å². The Kier molecular flexibility index (Phi) is 6.76. The fourth-order valence-electron chi connectivity index (χ4n) is 4.07.